The SMILES string of the molecule is CNCC(O)c1ccc(OS(C)(=O)=O)cc1. The van der Waals surface area contributed by atoms with Gasteiger partial charge in [-0.25, -0.2) is 0 Å². The average molecular weight is 245 g/mol. The van der Waals surface area contributed by atoms with Crippen LogP contribution in [0.15, 0.2) is 24.3 Å². The van der Waals surface area contributed by atoms with Crippen molar-refractivity contribution in [1.82, 2.24) is 5.32 Å². The molecule has 0 saturated carbocycles. The van der Waals surface area contributed by atoms with Crippen LogP contribution in [0.4, 0.5) is 0 Å². The van der Waals surface area contributed by atoms with Crippen molar-refractivity contribution in [3.8, 4) is 5.75 Å². The Morgan fingerprint density at radius 2 is 1.94 bits per heavy atom. The van der Waals surface area contributed by atoms with Crippen molar-refractivity contribution in [2.75, 3.05) is 19.8 Å². The summed E-state index contributed by atoms with van der Waals surface area (Å²) in [6.45, 7) is 0.437. The van der Waals surface area contributed by atoms with Gasteiger partial charge in [-0.05, 0) is 24.7 Å². The van der Waals surface area contributed by atoms with Crippen LogP contribution in [0.5, 0.6) is 5.75 Å². The second-order valence-corrected chi connectivity index (χ2v) is 5.00. The summed E-state index contributed by atoms with van der Waals surface area (Å²) in [5.74, 6) is 0.239. The van der Waals surface area contributed by atoms with Crippen molar-refractivity contribution in [3.05, 3.63) is 29.8 Å². The van der Waals surface area contributed by atoms with Crippen molar-refractivity contribution in [2.24, 2.45) is 0 Å². The Labute approximate surface area is 95.2 Å². The van der Waals surface area contributed by atoms with E-state index in [2.05, 4.69) is 9.50 Å². The van der Waals surface area contributed by atoms with Gasteiger partial charge >= 0.3 is 10.1 Å². The molecule has 1 aromatic carbocycles. The molecule has 5 nitrogen and oxygen atoms in total. The Morgan fingerprint density at radius 3 is 2.38 bits per heavy atom. The fourth-order valence-electron chi connectivity index (χ4n) is 1.23. The molecular weight excluding hydrogens is 230 g/mol. The van der Waals surface area contributed by atoms with Crippen LogP contribution in [0.3, 0.4) is 0 Å². The van der Waals surface area contributed by atoms with E-state index in [1.807, 2.05) is 0 Å². The number of aliphatic hydroxyl groups excluding tert-OH is 1. The van der Waals surface area contributed by atoms with E-state index in [1.54, 1.807) is 19.2 Å². The lowest BCUT2D eigenvalue weighted by atomic mass is 10.1. The number of nitrogens with one attached hydrogen (secondary N) is 1. The third-order valence-electron chi connectivity index (χ3n) is 1.91. The number of likely N-dealkylation sites (N-methyl/N-ethyl adjacent to an activating group) is 1. The highest BCUT2D eigenvalue weighted by Crippen LogP contribution is 2.18. The third kappa shape index (κ3) is 4.18. The number of hydrogen-bond donors (Lipinski definition) is 2. The van der Waals surface area contributed by atoms with Crippen molar-refractivity contribution >= 4 is 10.1 Å². The van der Waals surface area contributed by atoms with Crippen molar-refractivity contribution < 1.29 is 17.7 Å². The van der Waals surface area contributed by atoms with Crippen LogP contribution in [-0.2, 0) is 10.1 Å². The minimum Gasteiger partial charge on any atom is -0.387 e. The Balaban J connectivity index is 2.75. The Morgan fingerprint density at radius 1 is 1.38 bits per heavy atom. The van der Waals surface area contributed by atoms with Crippen LogP contribution in [0, 0.1) is 0 Å². The fraction of sp³-hybridized carbons (Fsp3) is 0.400. The zero-order valence-corrected chi connectivity index (χ0v) is 9.99. The van der Waals surface area contributed by atoms with Gasteiger partial charge in [0.05, 0.1) is 12.4 Å². The highest BCUT2D eigenvalue weighted by Gasteiger charge is 2.08. The summed E-state index contributed by atoms with van der Waals surface area (Å²) in [7, 11) is -1.75. The molecule has 2 N–H and O–H groups in total. The fourth-order valence-corrected chi connectivity index (χ4v) is 1.69. The van der Waals surface area contributed by atoms with Gasteiger partial charge in [0, 0.05) is 6.54 Å². The lowest BCUT2D eigenvalue weighted by Crippen LogP contribution is -2.16. The van der Waals surface area contributed by atoms with Gasteiger partial charge in [0.25, 0.3) is 0 Å². The topological polar surface area (TPSA) is 75.6 Å². The van der Waals surface area contributed by atoms with Crippen molar-refractivity contribution in [2.45, 2.75) is 6.10 Å². The van der Waals surface area contributed by atoms with E-state index in [1.165, 1.54) is 12.1 Å². The van der Waals surface area contributed by atoms with Gasteiger partial charge in [0.15, 0.2) is 0 Å². The number of aliphatic hydroxyl groups is 1. The van der Waals surface area contributed by atoms with Gasteiger partial charge in [0.2, 0.25) is 0 Å². The molecule has 0 aliphatic rings. The molecule has 0 amide bonds. The predicted molar refractivity (Wildman–Crippen MR) is 60.8 cm³/mol. The standard InChI is InChI=1S/C10H15NO4S/c1-11-7-10(12)8-3-5-9(6-4-8)15-16(2,13)14/h3-6,10-12H,7H2,1-2H3. The van der Waals surface area contributed by atoms with Gasteiger partial charge in [-0.15, -0.1) is 0 Å². The first-order valence-electron chi connectivity index (χ1n) is 4.74. The second kappa shape index (κ2) is 5.29. The maximum absolute atomic E-state index is 10.8. The molecule has 90 valence electrons. The highest BCUT2D eigenvalue weighted by molar-refractivity contribution is 7.86. The summed E-state index contributed by atoms with van der Waals surface area (Å²) in [6, 6.07) is 6.27. The number of benzene rings is 1. The minimum atomic E-state index is -3.50. The summed E-state index contributed by atoms with van der Waals surface area (Å²) >= 11 is 0. The van der Waals surface area contributed by atoms with Crippen molar-refractivity contribution in [3.63, 3.8) is 0 Å². The predicted octanol–water partition coefficient (Wildman–Crippen LogP) is 0.278. The summed E-state index contributed by atoms with van der Waals surface area (Å²) in [6.07, 6.45) is 0.369. The molecule has 0 radical (unpaired) electrons. The van der Waals surface area contributed by atoms with Gasteiger partial charge in [-0.2, -0.15) is 8.42 Å². The van der Waals surface area contributed by atoms with E-state index in [4.69, 9.17) is 0 Å². The van der Waals surface area contributed by atoms with Crippen LogP contribution in [0.2, 0.25) is 0 Å². The largest absolute Gasteiger partial charge is 0.387 e. The third-order valence-corrected chi connectivity index (χ3v) is 2.41. The van der Waals surface area contributed by atoms with Gasteiger partial charge in [0.1, 0.15) is 5.75 Å². The number of rotatable bonds is 5. The summed E-state index contributed by atoms with van der Waals surface area (Å²) in [5, 5.41) is 12.5. The Kier molecular flexibility index (Phi) is 4.28. The first kappa shape index (κ1) is 13.0. The molecule has 0 aromatic heterocycles. The van der Waals surface area contributed by atoms with Crippen LogP contribution < -0.4 is 9.50 Å². The van der Waals surface area contributed by atoms with Crippen LogP contribution in [-0.4, -0.2) is 33.4 Å². The minimum absolute atomic E-state index is 0.239. The molecule has 6 heteroatoms. The van der Waals surface area contributed by atoms with Crippen LogP contribution in [0.25, 0.3) is 0 Å². The maximum atomic E-state index is 10.8. The molecule has 16 heavy (non-hydrogen) atoms. The Bertz CT molecular complexity index is 427. The van der Waals surface area contributed by atoms with Crippen LogP contribution in [0.1, 0.15) is 11.7 Å². The average Bonchev–Trinajstić information content (AvgIpc) is 2.16. The molecule has 0 aliphatic carbocycles. The van der Waals surface area contributed by atoms with Crippen LogP contribution >= 0.6 is 0 Å². The monoisotopic (exact) mass is 245 g/mol. The van der Waals surface area contributed by atoms with Gasteiger partial charge in [-0.1, -0.05) is 12.1 Å². The highest BCUT2D eigenvalue weighted by atomic mass is 32.2. The molecule has 0 heterocycles. The lowest BCUT2D eigenvalue weighted by molar-refractivity contribution is 0.178. The molecule has 1 atom stereocenters. The summed E-state index contributed by atoms with van der Waals surface area (Å²) in [4.78, 5) is 0. The van der Waals surface area contributed by atoms with Crippen molar-refractivity contribution in [1.29, 1.82) is 0 Å². The first-order valence-corrected chi connectivity index (χ1v) is 6.56. The molecule has 1 aromatic rings. The molecule has 0 saturated heterocycles. The van der Waals surface area contributed by atoms with E-state index in [0.29, 0.717) is 12.1 Å². The lowest BCUT2D eigenvalue weighted by Gasteiger charge is -2.10. The molecular formula is C10H15NO4S. The first-order chi connectivity index (χ1) is 7.42. The summed E-state index contributed by atoms with van der Waals surface area (Å²) in [5.41, 5.74) is 0.704. The van der Waals surface area contributed by atoms with E-state index in [-0.39, 0.29) is 5.75 Å². The summed E-state index contributed by atoms with van der Waals surface area (Å²) < 4.78 is 26.4. The molecule has 0 fully saturated rings. The van der Waals surface area contributed by atoms with E-state index in [0.717, 1.165) is 6.26 Å². The number of hydrogen-bond acceptors (Lipinski definition) is 5. The maximum Gasteiger partial charge on any atom is 0.306 e. The molecule has 1 rings (SSSR count). The molecule has 0 aliphatic heterocycles. The van der Waals surface area contributed by atoms with E-state index in [9.17, 15) is 13.5 Å². The normalized spacial score (nSPS) is 13.4. The second-order valence-electron chi connectivity index (χ2n) is 3.43. The quantitative estimate of drug-likeness (QED) is 0.729. The molecule has 0 bridgehead atoms. The van der Waals surface area contributed by atoms with Gasteiger partial charge < -0.3 is 14.6 Å². The smallest absolute Gasteiger partial charge is 0.306 e. The van der Waals surface area contributed by atoms with E-state index < -0.39 is 16.2 Å². The molecule has 0 spiro atoms. The molecule has 1 unspecified atom stereocenters. The van der Waals surface area contributed by atoms with E-state index >= 15 is 0 Å². The zero-order valence-electron chi connectivity index (χ0n) is 9.17. The van der Waals surface area contributed by atoms with Gasteiger partial charge in [-0.3, -0.25) is 0 Å². The zero-order chi connectivity index (χ0) is 12.2. The Hall–Kier alpha value is -1.11.